The van der Waals surface area contributed by atoms with Crippen molar-refractivity contribution in [2.24, 2.45) is 5.73 Å². The van der Waals surface area contributed by atoms with E-state index >= 15 is 0 Å². The minimum absolute atomic E-state index is 0.0785. The highest BCUT2D eigenvalue weighted by Crippen LogP contribution is 2.29. The van der Waals surface area contributed by atoms with Gasteiger partial charge in [0.1, 0.15) is 5.60 Å². The molecule has 1 aromatic heterocycles. The summed E-state index contributed by atoms with van der Waals surface area (Å²) in [6.07, 6.45) is 1.73. The number of fused-ring (bicyclic) bond motifs is 1. The normalized spacial score (nSPS) is 17.0. The number of aromatic nitrogens is 1. The quantitative estimate of drug-likeness (QED) is 0.682. The van der Waals surface area contributed by atoms with Crippen molar-refractivity contribution in [2.45, 2.75) is 52.2 Å². The summed E-state index contributed by atoms with van der Waals surface area (Å²) in [6.45, 7) is 8.53. The van der Waals surface area contributed by atoms with E-state index in [1.807, 2.05) is 26.0 Å². The molecular formula is C22H28N4O3. The Labute approximate surface area is 170 Å². The van der Waals surface area contributed by atoms with Crippen molar-refractivity contribution in [1.29, 1.82) is 0 Å². The molecular weight excluding hydrogens is 368 g/mol. The van der Waals surface area contributed by atoms with E-state index in [1.165, 1.54) is 13.8 Å². The number of aliphatic hydroxyl groups is 1. The van der Waals surface area contributed by atoms with E-state index in [0.29, 0.717) is 12.1 Å². The average Bonchev–Trinajstić information content (AvgIpc) is 2.90. The minimum atomic E-state index is -1.21. The van der Waals surface area contributed by atoms with Crippen LogP contribution in [-0.4, -0.2) is 46.3 Å². The molecule has 29 heavy (non-hydrogen) atoms. The number of para-hydroxylation sites is 1. The van der Waals surface area contributed by atoms with Crippen LogP contribution in [0.4, 0.5) is 0 Å². The third-order valence-corrected chi connectivity index (χ3v) is 5.28. The van der Waals surface area contributed by atoms with Crippen LogP contribution in [0.1, 0.15) is 48.3 Å². The van der Waals surface area contributed by atoms with Gasteiger partial charge in [0.25, 0.3) is 11.8 Å². The summed E-state index contributed by atoms with van der Waals surface area (Å²) >= 11 is 0. The fourth-order valence-corrected chi connectivity index (χ4v) is 3.84. The number of carbonyl (C=O) groups excluding carboxylic acids is 2. The van der Waals surface area contributed by atoms with Gasteiger partial charge in [-0.2, -0.15) is 0 Å². The highest BCUT2D eigenvalue weighted by Gasteiger charge is 2.26. The van der Waals surface area contributed by atoms with Gasteiger partial charge in [-0.25, -0.2) is 0 Å². The standard InChI is InChI=1S/C22H28N4O3/c1-14-15(2)26(20-17(14)8-5-9-18(20)21(23)28)25-12-6-7-16(13-25)24-19(27)10-11-22(3,4)29/h5,8-9,16,29H,6-7,12-13H2,1-4H3,(H2,23,28)(H,24,27). The predicted octanol–water partition coefficient (Wildman–Crippen LogP) is 1.35. The third-order valence-electron chi connectivity index (χ3n) is 5.28. The number of nitrogens with two attached hydrogens (primary N) is 1. The first kappa shape index (κ1) is 20.7. The van der Waals surface area contributed by atoms with Gasteiger partial charge in [-0.05, 0) is 58.1 Å². The second kappa shape index (κ2) is 7.80. The molecule has 1 saturated heterocycles. The number of nitrogens with one attached hydrogen (secondary N) is 1. The van der Waals surface area contributed by atoms with Crippen molar-refractivity contribution in [2.75, 3.05) is 18.1 Å². The Balaban J connectivity index is 1.90. The Kier molecular flexibility index (Phi) is 5.58. The molecule has 7 nitrogen and oxygen atoms in total. The van der Waals surface area contributed by atoms with E-state index in [-0.39, 0.29) is 6.04 Å². The van der Waals surface area contributed by atoms with Gasteiger partial charge in [0.15, 0.2) is 0 Å². The molecule has 0 saturated carbocycles. The number of rotatable bonds is 3. The molecule has 1 aliphatic heterocycles. The number of piperidine rings is 1. The van der Waals surface area contributed by atoms with Crippen molar-refractivity contribution < 1.29 is 14.7 Å². The lowest BCUT2D eigenvalue weighted by Crippen LogP contribution is -2.52. The fraction of sp³-hybridized carbons (Fsp3) is 0.455. The molecule has 0 aliphatic carbocycles. The van der Waals surface area contributed by atoms with Crippen molar-refractivity contribution in [3.8, 4) is 11.8 Å². The zero-order valence-electron chi connectivity index (χ0n) is 17.4. The lowest BCUT2D eigenvalue weighted by Gasteiger charge is -2.36. The molecule has 0 spiro atoms. The van der Waals surface area contributed by atoms with Crippen LogP contribution in [0.5, 0.6) is 0 Å². The number of hydrogen-bond donors (Lipinski definition) is 3. The summed E-state index contributed by atoms with van der Waals surface area (Å²) in [4.78, 5) is 24.2. The van der Waals surface area contributed by atoms with Gasteiger partial charge in [0.2, 0.25) is 0 Å². The van der Waals surface area contributed by atoms with E-state index in [2.05, 4.69) is 26.8 Å². The molecule has 1 unspecified atom stereocenters. The summed E-state index contributed by atoms with van der Waals surface area (Å²) in [5.74, 6) is 4.13. The molecule has 154 valence electrons. The zero-order chi connectivity index (χ0) is 21.3. The Hall–Kier alpha value is -2.98. The van der Waals surface area contributed by atoms with E-state index in [1.54, 1.807) is 6.07 Å². The van der Waals surface area contributed by atoms with Gasteiger partial charge < -0.3 is 21.2 Å². The second-order valence-electron chi connectivity index (χ2n) is 8.12. The molecule has 1 aliphatic rings. The van der Waals surface area contributed by atoms with Gasteiger partial charge in [0.05, 0.1) is 17.6 Å². The first-order valence-corrected chi connectivity index (χ1v) is 9.80. The Morgan fingerprint density at radius 2 is 2.03 bits per heavy atom. The molecule has 1 fully saturated rings. The van der Waals surface area contributed by atoms with E-state index in [9.17, 15) is 14.7 Å². The molecule has 2 aromatic rings. The largest absolute Gasteiger partial charge is 0.378 e. The maximum absolute atomic E-state index is 12.1. The Bertz CT molecular complexity index is 1020. The molecule has 0 bridgehead atoms. The SMILES string of the molecule is Cc1c(C)n(N2CCCC(NC(=O)C#CC(C)(C)O)C2)c2c(C(N)=O)cccc12. The van der Waals surface area contributed by atoms with Crippen molar-refractivity contribution >= 4 is 22.7 Å². The van der Waals surface area contributed by atoms with Gasteiger partial charge in [-0.1, -0.05) is 18.1 Å². The van der Waals surface area contributed by atoms with Crippen molar-refractivity contribution in [3.05, 3.63) is 35.0 Å². The number of carbonyl (C=O) groups is 2. The summed E-state index contributed by atoms with van der Waals surface area (Å²) in [6, 6.07) is 5.51. The second-order valence-corrected chi connectivity index (χ2v) is 8.12. The van der Waals surface area contributed by atoms with E-state index in [0.717, 1.165) is 41.5 Å². The van der Waals surface area contributed by atoms with Crippen LogP contribution in [0.2, 0.25) is 0 Å². The highest BCUT2D eigenvalue weighted by atomic mass is 16.3. The number of hydrogen-bond acceptors (Lipinski definition) is 4. The molecule has 2 heterocycles. The number of nitrogens with zero attached hydrogens (tertiary/aromatic N) is 2. The number of primary amides is 1. The van der Waals surface area contributed by atoms with Gasteiger partial charge in [0, 0.05) is 23.7 Å². The fourth-order valence-electron chi connectivity index (χ4n) is 3.84. The number of benzene rings is 1. The van der Waals surface area contributed by atoms with Crippen LogP contribution in [0.15, 0.2) is 18.2 Å². The zero-order valence-corrected chi connectivity index (χ0v) is 17.4. The maximum Gasteiger partial charge on any atom is 0.296 e. The van der Waals surface area contributed by atoms with Crippen LogP contribution < -0.4 is 16.1 Å². The van der Waals surface area contributed by atoms with Crippen molar-refractivity contribution in [3.63, 3.8) is 0 Å². The van der Waals surface area contributed by atoms with Crippen LogP contribution in [0.25, 0.3) is 10.9 Å². The highest BCUT2D eigenvalue weighted by molar-refractivity contribution is 6.06. The predicted molar refractivity (Wildman–Crippen MR) is 113 cm³/mol. The first-order valence-electron chi connectivity index (χ1n) is 9.80. The van der Waals surface area contributed by atoms with Crippen molar-refractivity contribution in [1.82, 2.24) is 9.99 Å². The van der Waals surface area contributed by atoms with E-state index in [4.69, 9.17) is 5.73 Å². The third kappa shape index (κ3) is 4.38. The van der Waals surface area contributed by atoms with Gasteiger partial charge in [-0.15, -0.1) is 0 Å². The lowest BCUT2D eigenvalue weighted by molar-refractivity contribution is -0.116. The first-order chi connectivity index (χ1) is 13.6. The molecule has 4 N–H and O–H groups in total. The number of aryl methyl sites for hydroxylation is 1. The average molecular weight is 396 g/mol. The smallest absolute Gasteiger partial charge is 0.296 e. The Morgan fingerprint density at radius 3 is 2.69 bits per heavy atom. The van der Waals surface area contributed by atoms with E-state index < -0.39 is 17.4 Å². The van der Waals surface area contributed by atoms with Gasteiger partial charge in [-0.3, -0.25) is 14.3 Å². The monoisotopic (exact) mass is 396 g/mol. The van der Waals surface area contributed by atoms with Crippen LogP contribution in [0.3, 0.4) is 0 Å². The molecule has 1 atom stereocenters. The van der Waals surface area contributed by atoms with Gasteiger partial charge >= 0.3 is 0 Å². The van der Waals surface area contributed by atoms with Crippen LogP contribution >= 0.6 is 0 Å². The van der Waals surface area contributed by atoms with Crippen LogP contribution in [-0.2, 0) is 4.79 Å². The minimum Gasteiger partial charge on any atom is -0.378 e. The van der Waals surface area contributed by atoms with Crippen LogP contribution in [0, 0.1) is 25.7 Å². The summed E-state index contributed by atoms with van der Waals surface area (Å²) < 4.78 is 2.06. The summed E-state index contributed by atoms with van der Waals surface area (Å²) in [5, 5.41) is 15.7. The Morgan fingerprint density at radius 1 is 1.31 bits per heavy atom. The molecule has 3 rings (SSSR count). The maximum atomic E-state index is 12.1. The molecule has 2 amide bonds. The number of amides is 2. The topological polar surface area (TPSA) is 101 Å². The summed E-state index contributed by atoms with van der Waals surface area (Å²) in [7, 11) is 0. The molecule has 7 heteroatoms. The summed E-state index contributed by atoms with van der Waals surface area (Å²) in [5.41, 5.74) is 7.87. The lowest BCUT2D eigenvalue weighted by atomic mass is 10.1. The molecule has 0 radical (unpaired) electrons. The molecule has 1 aromatic carbocycles.